The number of carbonyl (C=O) groups excluding carboxylic acids is 1. The Balaban J connectivity index is 1.58. The van der Waals surface area contributed by atoms with Crippen molar-refractivity contribution in [3.8, 4) is 5.75 Å². The van der Waals surface area contributed by atoms with Crippen molar-refractivity contribution >= 4 is 17.3 Å². The van der Waals surface area contributed by atoms with Gasteiger partial charge in [-0.3, -0.25) is 14.9 Å². The molecular weight excluding hydrogens is 312 g/mol. The minimum absolute atomic E-state index is 0.0423. The number of nitrogens with zero attached hydrogens (tertiary/aromatic N) is 3. The summed E-state index contributed by atoms with van der Waals surface area (Å²) >= 11 is 0. The quantitative estimate of drug-likeness (QED) is 0.645. The van der Waals surface area contributed by atoms with Gasteiger partial charge in [-0.15, -0.1) is 0 Å². The van der Waals surface area contributed by atoms with Crippen molar-refractivity contribution in [2.75, 3.05) is 44.6 Å². The topological polar surface area (TPSA) is 87.9 Å². The molecule has 1 atom stereocenters. The molecule has 2 aliphatic rings. The normalized spacial score (nSPS) is 21.7. The van der Waals surface area contributed by atoms with Gasteiger partial charge in [-0.05, 0) is 12.6 Å². The fourth-order valence-corrected chi connectivity index (χ4v) is 3.06. The van der Waals surface area contributed by atoms with Gasteiger partial charge in [-0.1, -0.05) is 6.92 Å². The Hall–Kier alpha value is -2.19. The number of nitrogens with one attached hydrogen (secondary N) is 1. The Kier molecular flexibility index (Phi) is 4.96. The van der Waals surface area contributed by atoms with Crippen LogP contribution in [-0.2, 0) is 4.79 Å². The minimum atomic E-state index is -0.608. The predicted octanol–water partition coefficient (Wildman–Crippen LogP) is 1.32. The van der Waals surface area contributed by atoms with Crippen LogP contribution in [0.2, 0.25) is 0 Å². The molecule has 1 N–H and O–H groups in total. The molecule has 130 valence electrons. The molecular formula is C16H22N4O4. The van der Waals surface area contributed by atoms with E-state index in [2.05, 4.69) is 22.0 Å². The Morgan fingerprint density at radius 2 is 2.00 bits per heavy atom. The molecule has 0 radical (unpaired) electrons. The lowest BCUT2D eigenvalue weighted by atomic mass is 10.1. The molecule has 1 aromatic rings. The molecule has 8 heteroatoms. The number of fused-ring (bicyclic) bond motifs is 1. The number of non-ortho nitro benzene ring substituents is 1. The highest BCUT2D eigenvalue weighted by molar-refractivity contribution is 5.97. The van der Waals surface area contributed by atoms with Crippen molar-refractivity contribution in [1.29, 1.82) is 0 Å². The van der Waals surface area contributed by atoms with Gasteiger partial charge in [0.15, 0.2) is 11.9 Å². The van der Waals surface area contributed by atoms with E-state index in [0.29, 0.717) is 17.9 Å². The van der Waals surface area contributed by atoms with Crippen LogP contribution in [0.25, 0.3) is 0 Å². The van der Waals surface area contributed by atoms with Gasteiger partial charge in [0.2, 0.25) is 0 Å². The zero-order valence-corrected chi connectivity index (χ0v) is 13.7. The number of nitro groups is 1. The SMILES string of the molecule is CCN1CCN(CC[C@H]2Oc3cc([N+](=O)[O-])ccc3NC2=O)CC1. The molecule has 0 aromatic heterocycles. The average molecular weight is 334 g/mol. The van der Waals surface area contributed by atoms with Crippen LogP contribution >= 0.6 is 0 Å². The number of hydrogen-bond donors (Lipinski definition) is 1. The van der Waals surface area contributed by atoms with Crippen molar-refractivity contribution in [2.45, 2.75) is 19.4 Å². The summed E-state index contributed by atoms with van der Waals surface area (Å²) in [5, 5.41) is 13.6. The number of benzene rings is 1. The molecule has 1 saturated heterocycles. The molecule has 2 heterocycles. The number of piperazine rings is 1. The highest BCUT2D eigenvalue weighted by atomic mass is 16.6. The summed E-state index contributed by atoms with van der Waals surface area (Å²) in [5.74, 6) is 0.174. The monoisotopic (exact) mass is 334 g/mol. The average Bonchev–Trinajstić information content (AvgIpc) is 2.60. The van der Waals surface area contributed by atoms with Crippen LogP contribution in [0.3, 0.4) is 0 Å². The van der Waals surface area contributed by atoms with E-state index in [0.717, 1.165) is 39.3 Å². The molecule has 3 rings (SSSR count). The molecule has 0 unspecified atom stereocenters. The van der Waals surface area contributed by atoms with E-state index in [1.54, 1.807) is 0 Å². The number of rotatable bonds is 5. The lowest BCUT2D eigenvalue weighted by Gasteiger charge is -2.35. The van der Waals surface area contributed by atoms with Crippen molar-refractivity contribution < 1.29 is 14.5 Å². The summed E-state index contributed by atoms with van der Waals surface area (Å²) < 4.78 is 5.71. The Bertz CT molecular complexity index is 629. The molecule has 0 spiro atoms. The molecule has 2 aliphatic heterocycles. The number of amides is 1. The maximum absolute atomic E-state index is 12.2. The van der Waals surface area contributed by atoms with Gasteiger partial charge in [-0.25, -0.2) is 0 Å². The summed E-state index contributed by atoms with van der Waals surface area (Å²) in [5.41, 5.74) is 0.442. The third-order valence-electron chi connectivity index (χ3n) is 4.62. The van der Waals surface area contributed by atoms with Gasteiger partial charge in [0.25, 0.3) is 11.6 Å². The first-order valence-corrected chi connectivity index (χ1v) is 8.27. The van der Waals surface area contributed by atoms with E-state index in [9.17, 15) is 14.9 Å². The lowest BCUT2D eigenvalue weighted by Crippen LogP contribution is -2.48. The number of ether oxygens (including phenoxy) is 1. The molecule has 8 nitrogen and oxygen atoms in total. The van der Waals surface area contributed by atoms with Gasteiger partial charge >= 0.3 is 0 Å². The standard InChI is InChI=1S/C16H22N4O4/c1-2-18-7-9-19(10-8-18)6-5-14-16(21)17-13-4-3-12(20(22)23)11-15(13)24-14/h3-4,11,14H,2,5-10H2,1H3,(H,17,21)/t14-/m1/s1. The highest BCUT2D eigenvalue weighted by Crippen LogP contribution is 2.33. The molecule has 1 aromatic carbocycles. The minimum Gasteiger partial charge on any atom is -0.478 e. The Labute approximate surface area is 140 Å². The lowest BCUT2D eigenvalue weighted by molar-refractivity contribution is -0.384. The van der Waals surface area contributed by atoms with E-state index in [1.807, 2.05) is 0 Å². The van der Waals surface area contributed by atoms with Gasteiger partial charge in [-0.2, -0.15) is 0 Å². The first kappa shape index (κ1) is 16.7. The van der Waals surface area contributed by atoms with Gasteiger partial charge in [0.1, 0.15) is 0 Å². The zero-order valence-electron chi connectivity index (χ0n) is 13.7. The van der Waals surface area contributed by atoms with Crippen LogP contribution < -0.4 is 10.1 Å². The fraction of sp³-hybridized carbons (Fsp3) is 0.562. The Morgan fingerprint density at radius 3 is 2.67 bits per heavy atom. The number of anilines is 1. The van der Waals surface area contributed by atoms with E-state index in [1.165, 1.54) is 18.2 Å². The van der Waals surface area contributed by atoms with Crippen molar-refractivity contribution in [2.24, 2.45) is 0 Å². The number of carbonyl (C=O) groups is 1. The third kappa shape index (κ3) is 3.65. The number of nitro benzene ring substituents is 1. The van der Waals surface area contributed by atoms with Crippen LogP contribution in [-0.4, -0.2) is 66.0 Å². The number of hydrogen-bond acceptors (Lipinski definition) is 6. The van der Waals surface area contributed by atoms with Crippen LogP contribution in [0.5, 0.6) is 5.75 Å². The zero-order chi connectivity index (χ0) is 17.1. The first-order valence-electron chi connectivity index (χ1n) is 8.27. The molecule has 24 heavy (non-hydrogen) atoms. The van der Waals surface area contributed by atoms with E-state index in [-0.39, 0.29) is 11.6 Å². The van der Waals surface area contributed by atoms with E-state index < -0.39 is 11.0 Å². The summed E-state index contributed by atoms with van der Waals surface area (Å²) in [7, 11) is 0. The Morgan fingerprint density at radius 1 is 1.29 bits per heavy atom. The third-order valence-corrected chi connectivity index (χ3v) is 4.62. The number of likely N-dealkylation sites (N-methyl/N-ethyl adjacent to an activating group) is 1. The second-order valence-corrected chi connectivity index (χ2v) is 6.10. The highest BCUT2D eigenvalue weighted by Gasteiger charge is 2.29. The largest absolute Gasteiger partial charge is 0.478 e. The predicted molar refractivity (Wildman–Crippen MR) is 89.3 cm³/mol. The van der Waals surface area contributed by atoms with Crippen molar-refractivity contribution in [3.63, 3.8) is 0 Å². The maximum Gasteiger partial charge on any atom is 0.273 e. The summed E-state index contributed by atoms with van der Waals surface area (Å²) in [6.45, 7) is 8.07. The molecule has 1 fully saturated rings. The first-order chi connectivity index (χ1) is 11.6. The molecule has 0 saturated carbocycles. The fourth-order valence-electron chi connectivity index (χ4n) is 3.06. The molecule has 1 amide bonds. The second kappa shape index (κ2) is 7.14. The van der Waals surface area contributed by atoms with E-state index >= 15 is 0 Å². The summed E-state index contributed by atoms with van der Waals surface area (Å²) in [4.78, 5) is 27.3. The van der Waals surface area contributed by atoms with Crippen molar-refractivity contribution in [3.05, 3.63) is 28.3 Å². The van der Waals surface area contributed by atoms with Gasteiger partial charge < -0.3 is 19.9 Å². The van der Waals surface area contributed by atoms with Crippen LogP contribution in [0.1, 0.15) is 13.3 Å². The maximum atomic E-state index is 12.2. The van der Waals surface area contributed by atoms with Crippen LogP contribution in [0.15, 0.2) is 18.2 Å². The van der Waals surface area contributed by atoms with Gasteiger partial charge in [0.05, 0.1) is 16.7 Å². The second-order valence-electron chi connectivity index (χ2n) is 6.10. The van der Waals surface area contributed by atoms with Crippen molar-refractivity contribution in [1.82, 2.24) is 9.80 Å². The van der Waals surface area contributed by atoms with Crippen LogP contribution in [0.4, 0.5) is 11.4 Å². The summed E-state index contributed by atoms with van der Waals surface area (Å²) in [6, 6.07) is 4.23. The van der Waals surface area contributed by atoms with Crippen LogP contribution in [0, 0.1) is 10.1 Å². The van der Waals surface area contributed by atoms with Gasteiger partial charge in [0, 0.05) is 45.2 Å². The molecule has 0 aliphatic carbocycles. The van der Waals surface area contributed by atoms with E-state index in [4.69, 9.17) is 4.74 Å². The molecule has 0 bridgehead atoms. The summed E-state index contributed by atoms with van der Waals surface area (Å²) in [6.07, 6.45) is -0.0381. The smallest absolute Gasteiger partial charge is 0.273 e.